The molecule has 1 fully saturated rings. The number of nitrogens with one attached hydrogen (secondary N) is 1. The summed E-state index contributed by atoms with van der Waals surface area (Å²) in [5.74, 6) is 0.155. The lowest BCUT2D eigenvalue weighted by Gasteiger charge is -2.42. The van der Waals surface area contributed by atoms with Gasteiger partial charge in [-0.1, -0.05) is 46.5 Å². The molecule has 0 aromatic carbocycles. The molecule has 3 N–H and O–H groups in total. The first-order chi connectivity index (χ1) is 10.1. The minimum Gasteiger partial charge on any atom is -0.352 e. The lowest BCUT2D eigenvalue weighted by atomic mass is 9.88. The molecule has 21 heavy (non-hydrogen) atoms. The summed E-state index contributed by atoms with van der Waals surface area (Å²) in [6.07, 6.45) is 9.35. The molecule has 124 valence electrons. The third-order valence-electron chi connectivity index (χ3n) is 5.15. The van der Waals surface area contributed by atoms with Gasteiger partial charge in [-0.05, 0) is 32.2 Å². The molecule has 1 rings (SSSR count). The Hall–Kier alpha value is -0.610. The van der Waals surface area contributed by atoms with Crippen molar-refractivity contribution in [1.82, 2.24) is 10.2 Å². The number of carbonyl (C=O) groups is 1. The van der Waals surface area contributed by atoms with E-state index in [0.29, 0.717) is 19.1 Å². The predicted octanol–water partition coefficient (Wildman–Crippen LogP) is 2.66. The molecule has 1 aliphatic rings. The maximum absolute atomic E-state index is 12.3. The Balaban J connectivity index is 2.68. The Morgan fingerprint density at radius 2 is 1.71 bits per heavy atom. The van der Waals surface area contributed by atoms with Gasteiger partial charge in [0.15, 0.2) is 0 Å². The van der Waals surface area contributed by atoms with Crippen molar-refractivity contribution in [2.45, 2.75) is 83.7 Å². The second-order valence-corrected chi connectivity index (χ2v) is 6.44. The van der Waals surface area contributed by atoms with E-state index in [1.807, 2.05) is 0 Å². The lowest BCUT2D eigenvalue weighted by Crippen LogP contribution is -2.56. The van der Waals surface area contributed by atoms with E-state index in [-0.39, 0.29) is 11.4 Å². The summed E-state index contributed by atoms with van der Waals surface area (Å²) in [7, 11) is 0. The van der Waals surface area contributed by atoms with Crippen molar-refractivity contribution in [2.24, 2.45) is 5.73 Å². The van der Waals surface area contributed by atoms with Crippen molar-refractivity contribution < 1.29 is 4.79 Å². The van der Waals surface area contributed by atoms with E-state index >= 15 is 0 Å². The maximum Gasteiger partial charge on any atom is 0.234 e. The molecule has 1 amide bonds. The second-order valence-electron chi connectivity index (χ2n) is 6.44. The van der Waals surface area contributed by atoms with Crippen LogP contribution in [0.15, 0.2) is 0 Å². The van der Waals surface area contributed by atoms with Crippen molar-refractivity contribution in [2.75, 3.05) is 19.6 Å². The molecule has 0 aromatic heterocycles. The Morgan fingerprint density at radius 3 is 2.14 bits per heavy atom. The highest BCUT2D eigenvalue weighted by atomic mass is 16.2. The van der Waals surface area contributed by atoms with Crippen molar-refractivity contribution >= 4 is 5.91 Å². The number of amides is 1. The molecule has 0 unspecified atom stereocenters. The molecule has 0 saturated heterocycles. The highest BCUT2D eigenvalue weighted by Crippen LogP contribution is 2.31. The summed E-state index contributed by atoms with van der Waals surface area (Å²) in [5, 5.41) is 3.16. The third kappa shape index (κ3) is 5.26. The summed E-state index contributed by atoms with van der Waals surface area (Å²) in [6, 6.07) is 0.305. The SMILES string of the molecule is CCC(CC)NC(=O)CN(CC)C1(CN)CCCCCC1. The monoisotopic (exact) mass is 297 g/mol. The fourth-order valence-corrected chi connectivity index (χ4v) is 3.59. The molecule has 0 aliphatic heterocycles. The van der Waals surface area contributed by atoms with Crippen molar-refractivity contribution in [3.8, 4) is 0 Å². The van der Waals surface area contributed by atoms with Crippen LogP contribution in [0.5, 0.6) is 0 Å². The third-order valence-corrected chi connectivity index (χ3v) is 5.15. The zero-order valence-electron chi connectivity index (χ0n) is 14.3. The van der Waals surface area contributed by atoms with Crippen molar-refractivity contribution in [1.29, 1.82) is 0 Å². The average Bonchev–Trinajstić information content (AvgIpc) is 2.76. The smallest absolute Gasteiger partial charge is 0.234 e. The fourth-order valence-electron chi connectivity index (χ4n) is 3.59. The van der Waals surface area contributed by atoms with Gasteiger partial charge in [-0.3, -0.25) is 9.69 Å². The van der Waals surface area contributed by atoms with E-state index < -0.39 is 0 Å². The largest absolute Gasteiger partial charge is 0.352 e. The molecule has 0 aromatic rings. The van der Waals surface area contributed by atoms with Crippen LogP contribution in [0, 0.1) is 0 Å². The van der Waals surface area contributed by atoms with Gasteiger partial charge in [-0.15, -0.1) is 0 Å². The minimum absolute atomic E-state index is 0.0382. The zero-order valence-corrected chi connectivity index (χ0v) is 14.3. The Kier molecular flexibility index (Phi) is 8.27. The number of rotatable bonds is 8. The second kappa shape index (κ2) is 9.42. The average molecular weight is 297 g/mol. The Bertz CT molecular complexity index is 294. The summed E-state index contributed by atoms with van der Waals surface area (Å²) in [6.45, 7) is 8.45. The van der Waals surface area contributed by atoms with E-state index in [1.54, 1.807) is 0 Å². The molecule has 0 radical (unpaired) electrons. The molecular weight excluding hydrogens is 262 g/mol. The van der Waals surface area contributed by atoms with E-state index in [1.165, 1.54) is 25.7 Å². The Labute approximate surface area is 130 Å². The van der Waals surface area contributed by atoms with Gasteiger partial charge in [0.1, 0.15) is 0 Å². The van der Waals surface area contributed by atoms with Gasteiger partial charge in [-0.25, -0.2) is 0 Å². The number of hydrogen-bond donors (Lipinski definition) is 2. The van der Waals surface area contributed by atoms with Gasteiger partial charge in [0.2, 0.25) is 5.91 Å². The van der Waals surface area contributed by atoms with Crippen LogP contribution in [0.1, 0.15) is 72.1 Å². The molecule has 4 nitrogen and oxygen atoms in total. The van der Waals surface area contributed by atoms with Crippen LogP contribution in [-0.2, 0) is 4.79 Å². The highest BCUT2D eigenvalue weighted by molar-refractivity contribution is 5.78. The van der Waals surface area contributed by atoms with Crippen LogP contribution in [0.2, 0.25) is 0 Å². The predicted molar refractivity (Wildman–Crippen MR) is 89.2 cm³/mol. The number of likely N-dealkylation sites (N-methyl/N-ethyl adjacent to an activating group) is 1. The topological polar surface area (TPSA) is 58.4 Å². The van der Waals surface area contributed by atoms with Crippen molar-refractivity contribution in [3.63, 3.8) is 0 Å². The standard InChI is InChI=1S/C17H35N3O/c1-4-15(5-2)19-16(21)13-20(6-3)17(14-18)11-9-7-8-10-12-17/h15H,4-14,18H2,1-3H3,(H,19,21). The van der Waals surface area contributed by atoms with Crippen molar-refractivity contribution in [3.05, 3.63) is 0 Å². The van der Waals surface area contributed by atoms with Gasteiger partial charge >= 0.3 is 0 Å². The van der Waals surface area contributed by atoms with Crippen LogP contribution < -0.4 is 11.1 Å². The van der Waals surface area contributed by atoms with Gasteiger partial charge in [0.05, 0.1) is 6.54 Å². The molecule has 1 saturated carbocycles. The molecular formula is C17H35N3O. The summed E-state index contributed by atoms with van der Waals surface area (Å²) >= 11 is 0. The molecule has 0 atom stereocenters. The number of nitrogens with zero attached hydrogens (tertiary/aromatic N) is 1. The summed E-state index contributed by atoms with van der Waals surface area (Å²) in [5.41, 5.74) is 6.18. The molecule has 0 heterocycles. The maximum atomic E-state index is 12.3. The van der Waals surface area contributed by atoms with E-state index in [0.717, 1.165) is 32.2 Å². The summed E-state index contributed by atoms with van der Waals surface area (Å²) < 4.78 is 0. The zero-order chi connectivity index (χ0) is 15.7. The molecule has 1 aliphatic carbocycles. The van der Waals surface area contributed by atoms with E-state index in [9.17, 15) is 4.79 Å². The van der Waals surface area contributed by atoms with Crippen LogP contribution in [-0.4, -0.2) is 42.0 Å². The first-order valence-electron chi connectivity index (χ1n) is 8.86. The molecule has 0 bridgehead atoms. The normalized spacial score (nSPS) is 18.8. The van der Waals surface area contributed by atoms with Gasteiger partial charge in [0, 0.05) is 18.1 Å². The first-order valence-corrected chi connectivity index (χ1v) is 8.86. The van der Waals surface area contributed by atoms with Crippen LogP contribution in [0.3, 0.4) is 0 Å². The van der Waals surface area contributed by atoms with Gasteiger partial charge in [-0.2, -0.15) is 0 Å². The number of carbonyl (C=O) groups excluding carboxylic acids is 1. The van der Waals surface area contributed by atoms with E-state index in [4.69, 9.17) is 5.73 Å². The number of hydrogen-bond acceptors (Lipinski definition) is 3. The Morgan fingerprint density at radius 1 is 1.14 bits per heavy atom. The minimum atomic E-state index is 0.0382. The van der Waals surface area contributed by atoms with Gasteiger partial charge in [0.25, 0.3) is 0 Å². The lowest BCUT2D eigenvalue weighted by molar-refractivity contribution is -0.124. The van der Waals surface area contributed by atoms with Crippen LogP contribution >= 0.6 is 0 Å². The van der Waals surface area contributed by atoms with Crippen LogP contribution in [0.25, 0.3) is 0 Å². The fraction of sp³-hybridized carbons (Fsp3) is 0.941. The van der Waals surface area contributed by atoms with E-state index in [2.05, 4.69) is 31.0 Å². The highest BCUT2D eigenvalue weighted by Gasteiger charge is 2.35. The quantitative estimate of drug-likeness (QED) is 0.677. The van der Waals surface area contributed by atoms with Crippen LogP contribution in [0.4, 0.5) is 0 Å². The molecule has 4 heteroatoms. The van der Waals surface area contributed by atoms with Gasteiger partial charge < -0.3 is 11.1 Å². The summed E-state index contributed by atoms with van der Waals surface area (Å²) in [4.78, 5) is 14.7. The number of nitrogens with two attached hydrogens (primary N) is 1. The first kappa shape index (κ1) is 18.4. The molecule has 0 spiro atoms.